The van der Waals surface area contributed by atoms with Crippen molar-refractivity contribution in [1.82, 2.24) is 0 Å². The molecule has 49 heavy (non-hydrogen) atoms. The van der Waals surface area contributed by atoms with Crippen LogP contribution in [0.5, 0.6) is 0 Å². The number of hydrogen-bond donors (Lipinski definition) is 0. The lowest BCUT2D eigenvalue weighted by molar-refractivity contribution is 0.669. The Bertz CT molecular complexity index is 2830. The number of furan rings is 1. The van der Waals surface area contributed by atoms with Crippen LogP contribution in [0.15, 0.2) is 180 Å². The topological polar surface area (TPSA) is 16.4 Å². The number of fused-ring (bicyclic) bond motifs is 7. The average Bonchev–Trinajstić information content (AvgIpc) is 3.72. The molecule has 0 unspecified atom stereocenters. The number of thiophene rings is 1. The maximum absolute atomic E-state index is 6.26. The standard InChI is InChI=1S/C46H29NOS/c1-2-10-30(11-3-1)31-20-22-35(23-21-31)47(37-24-25-44-41(29-37)40-27-32-12-4-5-13-33(32)28-45(40)49-44)36-15-8-14-34(26-36)38-17-9-19-43-46(38)39-16-6-7-18-42(39)48-43/h1-29H. The second-order valence-corrected chi connectivity index (χ2v) is 13.6. The van der Waals surface area contributed by atoms with Gasteiger partial charge < -0.3 is 9.32 Å². The Kier molecular flexibility index (Phi) is 6.39. The molecule has 10 aromatic rings. The van der Waals surface area contributed by atoms with Gasteiger partial charge in [0.2, 0.25) is 0 Å². The Morgan fingerprint density at radius 3 is 1.92 bits per heavy atom. The van der Waals surface area contributed by atoms with Crippen molar-refractivity contribution in [3.05, 3.63) is 176 Å². The Morgan fingerprint density at radius 2 is 1.04 bits per heavy atom. The van der Waals surface area contributed by atoms with Gasteiger partial charge in [0.15, 0.2) is 0 Å². The van der Waals surface area contributed by atoms with Crippen molar-refractivity contribution in [2.24, 2.45) is 0 Å². The Balaban J connectivity index is 1.16. The lowest BCUT2D eigenvalue weighted by Gasteiger charge is -2.26. The van der Waals surface area contributed by atoms with Gasteiger partial charge in [-0.05, 0) is 99.8 Å². The SMILES string of the molecule is c1ccc(-c2ccc(N(c3cccc(-c4cccc5oc6ccccc6c45)c3)c3ccc4sc5cc6ccccc6cc5c4c3)cc2)cc1. The van der Waals surface area contributed by atoms with E-state index in [1.54, 1.807) is 0 Å². The van der Waals surface area contributed by atoms with Gasteiger partial charge in [-0.25, -0.2) is 0 Å². The summed E-state index contributed by atoms with van der Waals surface area (Å²) in [6, 6.07) is 63.3. The summed E-state index contributed by atoms with van der Waals surface area (Å²) in [6.45, 7) is 0. The van der Waals surface area contributed by atoms with E-state index in [-0.39, 0.29) is 0 Å². The molecule has 0 aliphatic rings. The van der Waals surface area contributed by atoms with Crippen LogP contribution in [-0.4, -0.2) is 0 Å². The van der Waals surface area contributed by atoms with Gasteiger partial charge in [-0.15, -0.1) is 11.3 Å². The van der Waals surface area contributed by atoms with Crippen molar-refractivity contribution in [3.8, 4) is 22.3 Å². The first-order chi connectivity index (χ1) is 24.3. The molecule has 230 valence electrons. The molecule has 2 aromatic heterocycles. The summed E-state index contributed by atoms with van der Waals surface area (Å²) < 4.78 is 8.87. The smallest absolute Gasteiger partial charge is 0.136 e. The zero-order valence-corrected chi connectivity index (χ0v) is 27.3. The molecule has 0 saturated heterocycles. The van der Waals surface area contributed by atoms with Gasteiger partial charge in [0.25, 0.3) is 0 Å². The van der Waals surface area contributed by atoms with E-state index in [1.165, 1.54) is 42.1 Å². The zero-order chi connectivity index (χ0) is 32.3. The van der Waals surface area contributed by atoms with Gasteiger partial charge in [0, 0.05) is 48.0 Å². The third-order valence-electron chi connectivity index (χ3n) is 9.63. The van der Waals surface area contributed by atoms with Crippen molar-refractivity contribution in [3.63, 3.8) is 0 Å². The van der Waals surface area contributed by atoms with E-state index < -0.39 is 0 Å². The fourth-order valence-corrected chi connectivity index (χ4v) is 8.41. The molecule has 2 heterocycles. The minimum Gasteiger partial charge on any atom is -0.456 e. The molecule has 0 N–H and O–H groups in total. The minimum absolute atomic E-state index is 0.903. The van der Waals surface area contributed by atoms with Crippen LogP contribution in [0.4, 0.5) is 17.1 Å². The predicted molar refractivity (Wildman–Crippen MR) is 210 cm³/mol. The zero-order valence-electron chi connectivity index (χ0n) is 26.5. The lowest BCUT2D eigenvalue weighted by atomic mass is 9.98. The number of benzene rings is 8. The second kappa shape index (κ2) is 11.2. The van der Waals surface area contributed by atoms with Crippen LogP contribution in [0, 0.1) is 0 Å². The highest BCUT2D eigenvalue weighted by Gasteiger charge is 2.18. The van der Waals surface area contributed by atoms with E-state index in [0.29, 0.717) is 0 Å². The molecule has 0 bridgehead atoms. The summed E-state index contributed by atoms with van der Waals surface area (Å²) in [7, 11) is 0. The summed E-state index contributed by atoms with van der Waals surface area (Å²) in [4.78, 5) is 2.38. The quantitative estimate of drug-likeness (QED) is 0.186. The van der Waals surface area contributed by atoms with E-state index in [1.807, 2.05) is 23.5 Å². The van der Waals surface area contributed by atoms with E-state index in [0.717, 1.165) is 50.1 Å². The molecule has 0 amide bonds. The summed E-state index contributed by atoms with van der Waals surface area (Å²) in [5, 5.41) is 7.40. The monoisotopic (exact) mass is 643 g/mol. The average molecular weight is 644 g/mol. The Hall–Kier alpha value is -6.16. The van der Waals surface area contributed by atoms with Crippen molar-refractivity contribution in [1.29, 1.82) is 0 Å². The van der Waals surface area contributed by atoms with Crippen LogP contribution in [0.3, 0.4) is 0 Å². The van der Waals surface area contributed by atoms with Gasteiger partial charge >= 0.3 is 0 Å². The molecule has 2 nitrogen and oxygen atoms in total. The maximum atomic E-state index is 6.26. The molecule has 0 saturated carbocycles. The third-order valence-corrected chi connectivity index (χ3v) is 10.8. The second-order valence-electron chi connectivity index (χ2n) is 12.6. The maximum Gasteiger partial charge on any atom is 0.136 e. The molecule has 0 aliphatic heterocycles. The van der Waals surface area contributed by atoms with Crippen LogP contribution < -0.4 is 4.90 Å². The van der Waals surface area contributed by atoms with Crippen molar-refractivity contribution in [2.75, 3.05) is 4.90 Å². The van der Waals surface area contributed by atoms with Gasteiger partial charge in [0.05, 0.1) is 0 Å². The molecular formula is C46H29NOS. The number of para-hydroxylation sites is 1. The minimum atomic E-state index is 0.903. The molecule has 0 aliphatic carbocycles. The van der Waals surface area contributed by atoms with E-state index in [9.17, 15) is 0 Å². The van der Waals surface area contributed by atoms with Crippen molar-refractivity contribution in [2.45, 2.75) is 0 Å². The largest absolute Gasteiger partial charge is 0.456 e. The number of anilines is 3. The van der Waals surface area contributed by atoms with Crippen LogP contribution in [-0.2, 0) is 0 Å². The molecule has 0 spiro atoms. The van der Waals surface area contributed by atoms with Crippen LogP contribution >= 0.6 is 11.3 Å². The predicted octanol–water partition coefficient (Wildman–Crippen LogP) is 13.9. The fraction of sp³-hybridized carbons (Fsp3) is 0. The first-order valence-corrected chi connectivity index (χ1v) is 17.4. The first kappa shape index (κ1) is 27.9. The van der Waals surface area contributed by atoms with Crippen LogP contribution in [0.1, 0.15) is 0 Å². The molecule has 0 fully saturated rings. The van der Waals surface area contributed by atoms with Crippen molar-refractivity contribution >= 4 is 81.3 Å². The highest BCUT2D eigenvalue weighted by atomic mass is 32.1. The molecular weight excluding hydrogens is 615 g/mol. The van der Waals surface area contributed by atoms with Gasteiger partial charge in [-0.1, -0.05) is 109 Å². The first-order valence-electron chi connectivity index (χ1n) is 16.6. The Labute approximate surface area is 287 Å². The number of hydrogen-bond acceptors (Lipinski definition) is 3. The highest BCUT2D eigenvalue weighted by molar-refractivity contribution is 7.25. The molecule has 0 radical (unpaired) electrons. The molecule has 3 heteroatoms. The lowest BCUT2D eigenvalue weighted by Crippen LogP contribution is -2.10. The van der Waals surface area contributed by atoms with E-state index in [2.05, 4.69) is 169 Å². The summed E-state index contributed by atoms with van der Waals surface area (Å²) >= 11 is 1.86. The molecule has 10 rings (SSSR count). The molecule has 0 atom stereocenters. The van der Waals surface area contributed by atoms with Crippen LogP contribution in [0.25, 0.3) is 75.1 Å². The van der Waals surface area contributed by atoms with E-state index >= 15 is 0 Å². The van der Waals surface area contributed by atoms with Crippen molar-refractivity contribution < 1.29 is 4.42 Å². The third kappa shape index (κ3) is 4.70. The molecule has 8 aromatic carbocycles. The van der Waals surface area contributed by atoms with Gasteiger partial charge in [-0.2, -0.15) is 0 Å². The van der Waals surface area contributed by atoms with Gasteiger partial charge in [-0.3, -0.25) is 0 Å². The highest BCUT2D eigenvalue weighted by Crippen LogP contribution is 2.44. The summed E-state index contributed by atoms with van der Waals surface area (Å²) in [6.07, 6.45) is 0. The number of nitrogens with zero attached hydrogens (tertiary/aromatic N) is 1. The number of rotatable bonds is 5. The summed E-state index contributed by atoms with van der Waals surface area (Å²) in [5.41, 5.74) is 9.85. The Morgan fingerprint density at radius 1 is 0.388 bits per heavy atom. The van der Waals surface area contributed by atoms with E-state index in [4.69, 9.17) is 4.42 Å². The summed E-state index contributed by atoms with van der Waals surface area (Å²) in [5.74, 6) is 0. The van der Waals surface area contributed by atoms with Crippen LogP contribution in [0.2, 0.25) is 0 Å². The normalized spacial score (nSPS) is 11.7. The van der Waals surface area contributed by atoms with Gasteiger partial charge in [0.1, 0.15) is 11.2 Å². The fourth-order valence-electron chi connectivity index (χ4n) is 7.30.